The summed E-state index contributed by atoms with van der Waals surface area (Å²) >= 11 is 0. The van der Waals surface area contributed by atoms with Gasteiger partial charge in [-0.1, -0.05) is 24.6 Å². The molecule has 27 heavy (non-hydrogen) atoms. The van der Waals surface area contributed by atoms with E-state index in [0.29, 0.717) is 5.57 Å². The summed E-state index contributed by atoms with van der Waals surface area (Å²) < 4.78 is 0. The number of nitriles is 6. The first-order valence-electron chi connectivity index (χ1n) is 8.90. The van der Waals surface area contributed by atoms with E-state index >= 15 is 0 Å². The number of rotatable bonds is 0. The molecule has 5 unspecified atom stereocenters. The highest BCUT2D eigenvalue weighted by Gasteiger charge is 2.26. The summed E-state index contributed by atoms with van der Waals surface area (Å²) in [5, 5.41) is 50.6. The molecule has 0 aromatic carbocycles. The summed E-state index contributed by atoms with van der Waals surface area (Å²) in [4.78, 5) is 0. The number of hydrogen-bond donors (Lipinski definition) is 0. The first kappa shape index (κ1) is 21.5. The van der Waals surface area contributed by atoms with Crippen LogP contribution < -0.4 is 0 Å². The van der Waals surface area contributed by atoms with Gasteiger partial charge in [0, 0.05) is 5.57 Å². The van der Waals surface area contributed by atoms with Crippen molar-refractivity contribution in [3.63, 3.8) is 0 Å². The maximum Gasteiger partial charge on any atom is 0.0957 e. The lowest BCUT2D eigenvalue weighted by molar-refractivity contribution is 0.582. The molecule has 3 aliphatic rings. The molecule has 1 fully saturated rings. The highest BCUT2D eigenvalue weighted by molar-refractivity contribution is 5.31. The Hall–Kier alpha value is -3.58. The van der Waals surface area contributed by atoms with Gasteiger partial charge in [-0.3, -0.25) is 0 Å². The molecular formula is C21H20N6. The van der Waals surface area contributed by atoms with Crippen LogP contribution in [0.15, 0.2) is 23.8 Å². The topological polar surface area (TPSA) is 143 Å². The molecular weight excluding hydrogens is 336 g/mol. The molecule has 0 spiro atoms. The standard InChI is InChI=1S/C7H8N2.2C7H6N2/c3*8-4-6-2-1-3-7(6)5-9/h6-7H,1-3H2;2,7H,1,3H2;1-2,6-7H,3H2. The molecule has 1 saturated carbocycles. The third-order valence-electron chi connectivity index (χ3n) is 4.81. The van der Waals surface area contributed by atoms with Gasteiger partial charge in [-0.2, -0.15) is 31.6 Å². The van der Waals surface area contributed by atoms with Crippen molar-refractivity contribution in [3.05, 3.63) is 23.8 Å². The van der Waals surface area contributed by atoms with Crippen molar-refractivity contribution in [1.29, 1.82) is 31.6 Å². The van der Waals surface area contributed by atoms with E-state index in [4.69, 9.17) is 31.6 Å². The zero-order valence-corrected chi connectivity index (χ0v) is 15.0. The zero-order chi connectivity index (χ0) is 20.1. The lowest BCUT2D eigenvalue weighted by atomic mass is 9.99. The van der Waals surface area contributed by atoms with E-state index in [0.717, 1.165) is 38.5 Å². The lowest BCUT2D eigenvalue weighted by Crippen LogP contribution is -2.01. The smallest absolute Gasteiger partial charge is 0.0957 e. The molecule has 0 aromatic rings. The Balaban J connectivity index is 0.000000202. The Morgan fingerprint density at radius 1 is 0.741 bits per heavy atom. The van der Waals surface area contributed by atoms with Crippen LogP contribution in [-0.2, 0) is 0 Å². The average Bonchev–Trinajstić information content (AvgIpc) is 3.47. The maximum absolute atomic E-state index is 8.47. The van der Waals surface area contributed by atoms with Gasteiger partial charge in [-0.25, -0.2) is 0 Å². The minimum absolute atomic E-state index is 0.0231. The van der Waals surface area contributed by atoms with Crippen LogP contribution in [0.2, 0.25) is 0 Å². The molecule has 3 aliphatic carbocycles. The van der Waals surface area contributed by atoms with Gasteiger partial charge in [0.05, 0.1) is 66.0 Å². The van der Waals surface area contributed by atoms with Crippen molar-refractivity contribution in [2.24, 2.45) is 29.6 Å². The van der Waals surface area contributed by atoms with Crippen LogP contribution in [0.25, 0.3) is 0 Å². The van der Waals surface area contributed by atoms with Gasteiger partial charge in [0.15, 0.2) is 0 Å². The quantitative estimate of drug-likeness (QED) is 0.599. The molecule has 3 rings (SSSR count). The molecule has 0 saturated heterocycles. The molecule has 0 heterocycles. The van der Waals surface area contributed by atoms with Crippen LogP contribution in [0.1, 0.15) is 38.5 Å². The molecule has 6 heteroatoms. The van der Waals surface area contributed by atoms with Crippen molar-refractivity contribution in [3.8, 4) is 36.4 Å². The monoisotopic (exact) mass is 356 g/mol. The maximum atomic E-state index is 8.47. The summed E-state index contributed by atoms with van der Waals surface area (Å²) in [6.45, 7) is 0. The second-order valence-corrected chi connectivity index (χ2v) is 6.49. The highest BCUT2D eigenvalue weighted by atomic mass is 14.4. The van der Waals surface area contributed by atoms with Crippen LogP contribution in [0.5, 0.6) is 0 Å². The Labute approximate surface area is 160 Å². The van der Waals surface area contributed by atoms with E-state index in [2.05, 4.69) is 30.3 Å². The summed E-state index contributed by atoms with van der Waals surface area (Å²) in [6, 6.07) is 12.5. The van der Waals surface area contributed by atoms with Gasteiger partial charge in [0.2, 0.25) is 0 Å². The van der Waals surface area contributed by atoms with Gasteiger partial charge in [0.25, 0.3) is 0 Å². The predicted molar refractivity (Wildman–Crippen MR) is 96.1 cm³/mol. The van der Waals surface area contributed by atoms with Gasteiger partial charge in [0.1, 0.15) is 0 Å². The van der Waals surface area contributed by atoms with Crippen molar-refractivity contribution in [2.75, 3.05) is 0 Å². The van der Waals surface area contributed by atoms with E-state index < -0.39 is 0 Å². The largest absolute Gasteiger partial charge is 0.198 e. The first-order chi connectivity index (χ1) is 13.1. The molecule has 0 radical (unpaired) electrons. The van der Waals surface area contributed by atoms with Crippen molar-refractivity contribution < 1.29 is 0 Å². The fraction of sp³-hybridized carbons (Fsp3) is 0.524. The second-order valence-electron chi connectivity index (χ2n) is 6.49. The fourth-order valence-corrected chi connectivity index (χ4v) is 3.15. The Morgan fingerprint density at radius 3 is 1.78 bits per heavy atom. The summed E-state index contributed by atoms with van der Waals surface area (Å²) in [5.74, 6) is -0.315. The van der Waals surface area contributed by atoms with E-state index in [-0.39, 0.29) is 29.6 Å². The minimum Gasteiger partial charge on any atom is -0.198 e. The van der Waals surface area contributed by atoms with Crippen molar-refractivity contribution in [2.45, 2.75) is 38.5 Å². The number of hydrogen-bond acceptors (Lipinski definition) is 6. The van der Waals surface area contributed by atoms with Crippen LogP contribution in [-0.4, -0.2) is 0 Å². The number of allylic oxidation sites excluding steroid dienone is 4. The van der Waals surface area contributed by atoms with Crippen LogP contribution in [0.3, 0.4) is 0 Å². The summed E-state index contributed by atoms with van der Waals surface area (Å²) in [5.41, 5.74) is 0.650. The van der Waals surface area contributed by atoms with E-state index in [1.54, 1.807) is 6.08 Å². The molecule has 134 valence electrons. The molecule has 6 nitrogen and oxygen atoms in total. The van der Waals surface area contributed by atoms with Gasteiger partial charge < -0.3 is 0 Å². The summed E-state index contributed by atoms with van der Waals surface area (Å²) in [7, 11) is 0. The fourth-order valence-electron chi connectivity index (χ4n) is 3.15. The minimum atomic E-state index is -0.157. The third kappa shape index (κ3) is 6.33. The van der Waals surface area contributed by atoms with Crippen molar-refractivity contribution in [1.82, 2.24) is 0 Å². The van der Waals surface area contributed by atoms with Gasteiger partial charge >= 0.3 is 0 Å². The molecule has 0 bridgehead atoms. The Bertz CT molecular complexity index is 763. The molecule has 0 N–H and O–H groups in total. The molecule has 0 aliphatic heterocycles. The van der Waals surface area contributed by atoms with Gasteiger partial charge in [-0.15, -0.1) is 0 Å². The molecule has 0 aromatic heterocycles. The van der Waals surface area contributed by atoms with E-state index in [1.165, 1.54) is 0 Å². The second kappa shape index (κ2) is 11.9. The molecule has 5 atom stereocenters. The SMILES string of the molecule is N#CC1=CCCC1C#N.N#CC1C=CCC1C#N.N#CC1CCCC1C#N. The normalized spacial score (nSPS) is 29.6. The Kier molecular flexibility index (Phi) is 9.45. The van der Waals surface area contributed by atoms with Crippen LogP contribution in [0, 0.1) is 97.6 Å². The van der Waals surface area contributed by atoms with Crippen LogP contribution in [0.4, 0.5) is 0 Å². The van der Waals surface area contributed by atoms with E-state index in [9.17, 15) is 0 Å². The summed E-state index contributed by atoms with van der Waals surface area (Å²) in [6.07, 6.45) is 10.9. The highest BCUT2D eigenvalue weighted by Crippen LogP contribution is 2.30. The average molecular weight is 356 g/mol. The molecule has 0 amide bonds. The zero-order valence-electron chi connectivity index (χ0n) is 15.0. The van der Waals surface area contributed by atoms with Crippen LogP contribution >= 0.6 is 0 Å². The predicted octanol–water partition coefficient (Wildman–Crippen LogP) is 4.05. The number of nitrogens with zero attached hydrogens (tertiary/aromatic N) is 6. The van der Waals surface area contributed by atoms with Crippen molar-refractivity contribution >= 4 is 0 Å². The van der Waals surface area contributed by atoms with E-state index in [1.807, 2.05) is 18.2 Å². The lowest BCUT2D eigenvalue weighted by Gasteiger charge is -1.99. The van der Waals surface area contributed by atoms with Gasteiger partial charge in [-0.05, 0) is 32.1 Å². The Morgan fingerprint density at radius 2 is 1.37 bits per heavy atom. The first-order valence-corrected chi connectivity index (χ1v) is 8.90. The third-order valence-corrected chi connectivity index (χ3v) is 4.81.